The van der Waals surface area contributed by atoms with Gasteiger partial charge < -0.3 is 9.64 Å². The second-order valence-electron chi connectivity index (χ2n) is 4.30. The highest BCUT2D eigenvalue weighted by Gasteiger charge is 2.15. The van der Waals surface area contributed by atoms with Crippen LogP contribution in [-0.4, -0.2) is 30.5 Å². The minimum Gasteiger partial charge on any atom is -0.490 e. The summed E-state index contributed by atoms with van der Waals surface area (Å²) in [5.74, 6) is 0.789. The van der Waals surface area contributed by atoms with Gasteiger partial charge in [0.05, 0.1) is 0 Å². The van der Waals surface area contributed by atoms with Crippen molar-refractivity contribution in [3.05, 3.63) is 42.5 Å². The zero-order valence-electron chi connectivity index (χ0n) is 11.3. The summed E-state index contributed by atoms with van der Waals surface area (Å²) in [7, 11) is 1.83. The maximum absolute atomic E-state index is 12.1. The van der Waals surface area contributed by atoms with Crippen LogP contribution in [0, 0.1) is 0 Å². The molecule has 1 rings (SSSR count). The smallest absolute Gasteiger partial charge is 0.253 e. The molecule has 0 aliphatic carbocycles. The lowest BCUT2D eigenvalue weighted by molar-refractivity contribution is 0.0740. The van der Waals surface area contributed by atoms with Crippen molar-refractivity contribution >= 4 is 5.91 Å². The van der Waals surface area contributed by atoms with Crippen LogP contribution in [0.5, 0.6) is 5.75 Å². The van der Waals surface area contributed by atoms with Gasteiger partial charge in [-0.1, -0.05) is 19.6 Å². The fraction of sp³-hybridized carbons (Fsp3) is 0.400. The van der Waals surface area contributed by atoms with E-state index in [4.69, 9.17) is 4.74 Å². The monoisotopic (exact) mass is 247 g/mol. The fourth-order valence-corrected chi connectivity index (χ4v) is 1.53. The molecule has 1 atom stereocenters. The maximum atomic E-state index is 12.1. The van der Waals surface area contributed by atoms with Gasteiger partial charge in [0.2, 0.25) is 0 Å². The first-order valence-corrected chi connectivity index (χ1v) is 6.21. The first-order chi connectivity index (χ1) is 8.60. The average molecular weight is 247 g/mol. The fourth-order valence-electron chi connectivity index (χ4n) is 1.53. The van der Waals surface area contributed by atoms with Gasteiger partial charge in [-0.2, -0.15) is 0 Å². The van der Waals surface area contributed by atoms with Crippen molar-refractivity contribution in [1.29, 1.82) is 0 Å². The number of carbonyl (C=O) groups excluding carboxylic acids is 1. The molecule has 0 aromatic heterocycles. The number of amides is 1. The number of ether oxygens (including phenoxy) is 1. The predicted octanol–water partition coefficient (Wildman–Crippen LogP) is 3.12. The SMILES string of the molecule is C=CCOc1ccc(C(=O)N(C)C(C)CC)cc1. The van der Waals surface area contributed by atoms with Gasteiger partial charge >= 0.3 is 0 Å². The van der Waals surface area contributed by atoms with Gasteiger partial charge in [-0.05, 0) is 37.6 Å². The normalized spacial score (nSPS) is 11.7. The molecule has 0 saturated heterocycles. The van der Waals surface area contributed by atoms with Crippen molar-refractivity contribution in [1.82, 2.24) is 4.90 Å². The first-order valence-electron chi connectivity index (χ1n) is 6.21. The van der Waals surface area contributed by atoms with Crippen LogP contribution in [0.2, 0.25) is 0 Å². The topological polar surface area (TPSA) is 29.5 Å². The van der Waals surface area contributed by atoms with Crippen LogP contribution in [0.4, 0.5) is 0 Å². The number of nitrogens with zero attached hydrogens (tertiary/aromatic N) is 1. The Morgan fingerprint density at radius 2 is 2.06 bits per heavy atom. The molecule has 1 aromatic carbocycles. The summed E-state index contributed by atoms with van der Waals surface area (Å²) in [5.41, 5.74) is 0.684. The van der Waals surface area contributed by atoms with Gasteiger partial charge in [-0.25, -0.2) is 0 Å². The third-order valence-corrected chi connectivity index (χ3v) is 3.04. The molecule has 0 saturated carbocycles. The lowest BCUT2D eigenvalue weighted by Crippen LogP contribution is -2.34. The van der Waals surface area contributed by atoms with Gasteiger partial charge in [0.15, 0.2) is 0 Å². The van der Waals surface area contributed by atoms with Gasteiger partial charge in [0.25, 0.3) is 5.91 Å². The summed E-state index contributed by atoms with van der Waals surface area (Å²) in [6.45, 7) is 8.17. The van der Waals surface area contributed by atoms with E-state index in [1.54, 1.807) is 35.2 Å². The molecule has 18 heavy (non-hydrogen) atoms. The van der Waals surface area contributed by atoms with Gasteiger partial charge in [0.1, 0.15) is 12.4 Å². The molecule has 3 heteroatoms. The summed E-state index contributed by atoms with van der Waals surface area (Å²) < 4.78 is 5.38. The first kappa shape index (κ1) is 14.3. The van der Waals surface area contributed by atoms with E-state index in [-0.39, 0.29) is 11.9 Å². The van der Waals surface area contributed by atoms with E-state index in [1.165, 1.54) is 0 Å². The van der Waals surface area contributed by atoms with Crippen molar-refractivity contribution in [2.75, 3.05) is 13.7 Å². The molecule has 1 amide bonds. The highest BCUT2D eigenvalue weighted by atomic mass is 16.5. The Hall–Kier alpha value is -1.77. The van der Waals surface area contributed by atoms with Crippen LogP contribution >= 0.6 is 0 Å². The minimum absolute atomic E-state index is 0.0413. The van der Waals surface area contributed by atoms with E-state index in [1.807, 2.05) is 14.0 Å². The molecule has 1 unspecified atom stereocenters. The Morgan fingerprint density at radius 3 is 2.56 bits per heavy atom. The van der Waals surface area contributed by atoms with E-state index in [2.05, 4.69) is 13.5 Å². The Balaban J connectivity index is 2.72. The molecular weight excluding hydrogens is 226 g/mol. The van der Waals surface area contributed by atoms with Crippen molar-refractivity contribution in [2.24, 2.45) is 0 Å². The van der Waals surface area contributed by atoms with Crippen molar-refractivity contribution in [3.63, 3.8) is 0 Å². The summed E-state index contributed by atoms with van der Waals surface area (Å²) in [5, 5.41) is 0. The average Bonchev–Trinajstić information content (AvgIpc) is 2.43. The van der Waals surface area contributed by atoms with E-state index in [0.29, 0.717) is 12.2 Å². The third-order valence-electron chi connectivity index (χ3n) is 3.04. The third kappa shape index (κ3) is 3.62. The second kappa shape index (κ2) is 6.84. The molecule has 0 N–H and O–H groups in total. The molecule has 0 radical (unpaired) electrons. The van der Waals surface area contributed by atoms with E-state index < -0.39 is 0 Å². The highest BCUT2D eigenvalue weighted by molar-refractivity contribution is 5.94. The number of carbonyl (C=O) groups is 1. The largest absolute Gasteiger partial charge is 0.490 e. The standard InChI is InChI=1S/C15H21NO2/c1-5-11-18-14-9-7-13(8-10-14)15(17)16(4)12(3)6-2/h5,7-10,12H,1,6,11H2,2-4H3. The van der Waals surface area contributed by atoms with Crippen molar-refractivity contribution < 1.29 is 9.53 Å². The van der Waals surface area contributed by atoms with Crippen LogP contribution in [-0.2, 0) is 0 Å². The lowest BCUT2D eigenvalue weighted by atomic mass is 10.1. The van der Waals surface area contributed by atoms with E-state index >= 15 is 0 Å². The maximum Gasteiger partial charge on any atom is 0.253 e. The Bertz CT molecular complexity index is 397. The van der Waals surface area contributed by atoms with Crippen LogP contribution in [0.25, 0.3) is 0 Å². The molecule has 3 nitrogen and oxygen atoms in total. The molecule has 0 heterocycles. The summed E-state index contributed by atoms with van der Waals surface area (Å²) in [6.07, 6.45) is 2.64. The van der Waals surface area contributed by atoms with Crippen LogP contribution in [0.15, 0.2) is 36.9 Å². The minimum atomic E-state index is 0.0413. The highest BCUT2D eigenvalue weighted by Crippen LogP contribution is 2.14. The Morgan fingerprint density at radius 1 is 1.44 bits per heavy atom. The van der Waals surface area contributed by atoms with Crippen molar-refractivity contribution in [2.45, 2.75) is 26.3 Å². The molecule has 98 valence electrons. The quantitative estimate of drug-likeness (QED) is 0.723. The molecule has 0 fully saturated rings. The Labute approximate surface area is 109 Å². The summed E-state index contributed by atoms with van der Waals surface area (Å²) in [4.78, 5) is 13.9. The number of benzene rings is 1. The zero-order valence-corrected chi connectivity index (χ0v) is 11.3. The van der Waals surface area contributed by atoms with E-state index in [9.17, 15) is 4.79 Å². The molecule has 0 spiro atoms. The number of rotatable bonds is 6. The van der Waals surface area contributed by atoms with Gasteiger partial charge in [0, 0.05) is 18.7 Å². The summed E-state index contributed by atoms with van der Waals surface area (Å²) >= 11 is 0. The molecule has 1 aromatic rings. The van der Waals surface area contributed by atoms with Crippen molar-refractivity contribution in [3.8, 4) is 5.75 Å². The van der Waals surface area contributed by atoms with Gasteiger partial charge in [-0.3, -0.25) is 4.79 Å². The van der Waals surface area contributed by atoms with Crippen LogP contribution in [0.1, 0.15) is 30.6 Å². The van der Waals surface area contributed by atoms with E-state index in [0.717, 1.165) is 12.2 Å². The van der Waals surface area contributed by atoms with Crippen LogP contribution in [0.3, 0.4) is 0 Å². The number of hydrogen-bond donors (Lipinski definition) is 0. The number of hydrogen-bond acceptors (Lipinski definition) is 2. The zero-order chi connectivity index (χ0) is 13.5. The Kier molecular flexibility index (Phi) is 5.43. The molecule has 0 bridgehead atoms. The predicted molar refractivity (Wildman–Crippen MR) is 74.0 cm³/mol. The second-order valence-corrected chi connectivity index (χ2v) is 4.30. The summed E-state index contributed by atoms with van der Waals surface area (Å²) in [6, 6.07) is 7.44. The van der Waals surface area contributed by atoms with Crippen LogP contribution < -0.4 is 4.74 Å². The lowest BCUT2D eigenvalue weighted by Gasteiger charge is -2.23. The molecule has 0 aliphatic heterocycles. The molecule has 0 aliphatic rings. The molecular formula is C15H21NO2. The van der Waals surface area contributed by atoms with Gasteiger partial charge in [-0.15, -0.1) is 0 Å².